The third-order valence-electron chi connectivity index (χ3n) is 4.85. The van der Waals surface area contributed by atoms with Crippen LogP contribution < -0.4 is 0 Å². The Labute approximate surface area is 168 Å². The highest BCUT2D eigenvalue weighted by atomic mass is 19.3. The molecule has 3 aromatic rings. The summed E-state index contributed by atoms with van der Waals surface area (Å²) in [7, 11) is 0. The van der Waals surface area contributed by atoms with Crippen LogP contribution in [0.2, 0.25) is 0 Å². The van der Waals surface area contributed by atoms with Gasteiger partial charge in [0.1, 0.15) is 5.71 Å². The minimum atomic E-state index is -3.50. The molecule has 30 heavy (non-hydrogen) atoms. The van der Waals surface area contributed by atoms with E-state index >= 15 is 0 Å². The van der Waals surface area contributed by atoms with Crippen LogP contribution in [0.1, 0.15) is 16.8 Å². The molecule has 5 nitrogen and oxygen atoms in total. The molecule has 9 heteroatoms. The minimum absolute atomic E-state index is 0.0652. The van der Waals surface area contributed by atoms with Gasteiger partial charge in [-0.05, 0) is 12.1 Å². The quantitative estimate of drug-likeness (QED) is 0.643. The summed E-state index contributed by atoms with van der Waals surface area (Å²) in [6.45, 7) is 0. The first-order chi connectivity index (χ1) is 14.3. The Kier molecular flexibility index (Phi) is 4.98. The van der Waals surface area contributed by atoms with Crippen molar-refractivity contribution in [3.05, 3.63) is 66.2 Å². The third-order valence-corrected chi connectivity index (χ3v) is 4.85. The molecule has 0 aliphatic carbocycles. The maximum absolute atomic E-state index is 13.6. The molecule has 0 saturated carbocycles. The Morgan fingerprint density at radius 2 is 1.70 bits per heavy atom. The van der Waals surface area contributed by atoms with Crippen LogP contribution in [0.15, 0.2) is 65.8 Å². The van der Waals surface area contributed by atoms with E-state index in [0.29, 0.717) is 22.2 Å². The number of carbonyl (C=O) groups is 1. The summed E-state index contributed by atoms with van der Waals surface area (Å²) in [6, 6.07) is 16.7. The summed E-state index contributed by atoms with van der Waals surface area (Å²) in [5, 5.41) is 14.1. The molecular formula is C21H15F4N3O2. The Balaban J connectivity index is 1.88. The van der Waals surface area contributed by atoms with Crippen LogP contribution in [0, 0.1) is 0 Å². The second-order valence-corrected chi connectivity index (χ2v) is 6.80. The number of benzene rings is 2. The lowest BCUT2D eigenvalue weighted by Gasteiger charge is -2.30. The van der Waals surface area contributed by atoms with Crippen molar-refractivity contribution in [1.82, 2.24) is 9.99 Å². The molecule has 1 N–H and O–H groups in total. The highest BCUT2D eigenvalue weighted by Gasteiger charge is 2.53. The number of carbonyl (C=O) groups excluding carboxylic acids is 1. The number of hydrogen-bond donors (Lipinski definition) is 1. The number of amides is 1. The summed E-state index contributed by atoms with van der Waals surface area (Å²) >= 11 is 0. The number of para-hydroxylation sites is 1. The highest BCUT2D eigenvalue weighted by Crippen LogP contribution is 2.36. The summed E-state index contributed by atoms with van der Waals surface area (Å²) in [4.78, 5) is 17.7. The zero-order chi connectivity index (χ0) is 21.5. The Hall–Kier alpha value is -3.33. The van der Waals surface area contributed by atoms with Crippen molar-refractivity contribution in [1.29, 1.82) is 0 Å². The first kappa shape index (κ1) is 20.0. The maximum atomic E-state index is 13.6. The van der Waals surface area contributed by atoms with E-state index in [0.717, 1.165) is 0 Å². The van der Waals surface area contributed by atoms with Crippen molar-refractivity contribution in [2.75, 3.05) is 0 Å². The first-order valence-corrected chi connectivity index (χ1v) is 8.97. The van der Waals surface area contributed by atoms with Gasteiger partial charge in [0.15, 0.2) is 0 Å². The van der Waals surface area contributed by atoms with E-state index in [2.05, 4.69) is 10.1 Å². The second kappa shape index (κ2) is 7.49. The van der Waals surface area contributed by atoms with E-state index in [-0.39, 0.29) is 10.6 Å². The van der Waals surface area contributed by atoms with Gasteiger partial charge in [-0.1, -0.05) is 48.5 Å². The van der Waals surface area contributed by atoms with Crippen molar-refractivity contribution in [3.8, 4) is 11.3 Å². The van der Waals surface area contributed by atoms with Gasteiger partial charge in [-0.2, -0.15) is 10.1 Å². The number of rotatable bonds is 4. The van der Waals surface area contributed by atoms with Crippen LogP contribution in [0.25, 0.3) is 22.2 Å². The molecule has 0 fully saturated rings. The van der Waals surface area contributed by atoms with Gasteiger partial charge in [-0.15, -0.1) is 0 Å². The lowest BCUT2D eigenvalue weighted by molar-refractivity contribution is -0.164. The molecule has 0 unspecified atom stereocenters. The van der Waals surface area contributed by atoms with Gasteiger partial charge >= 0.3 is 0 Å². The fourth-order valence-corrected chi connectivity index (χ4v) is 3.33. The van der Waals surface area contributed by atoms with E-state index in [1.54, 1.807) is 54.6 Å². The summed E-state index contributed by atoms with van der Waals surface area (Å²) in [5.41, 5.74) is -2.76. The number of aliphatic hydroxyl groups is 1. The van der Waals surface area contributed by atoms with Crippen molar-refractivity contribution in [3.63, 3.8) is 0 Å². The van der Waals surface area contributed by atoms with E-state index < -0.39 is 36.6 Å². The van der Waals surface area contributed by atoms with Crippen LogP contribution in [0.5, 0.6) is 0 Å². The molecule has 2 aromatic carbocycles. The third kappa shape index (κ3) is 3.30. The molecule has 0 saturated heterocycles. The number of pyridine rings is 1. The monoisotopic (exact) mass is 417 g/mol. The van der Waals surface area contributed by atoms with Crippen LogP contribution >= 0.6 is 0 Å². The zero-order valence-corrected chi connectivity index (χ0v) is 15.3. The number of alkyl halides is 4. The predicted molar refractivity (Wildman–Crippen MR) is 102 cm³/mol. The summed E-state index contributed by atoms with van der Waals surface area (Å²) < 4.78 is 53.3. The number of nitrogens with zero attached hydrogens (tertiary/aromatic N) is 3. The van der Waals surface area contributed by atoms with E-state index in [1.807, 2.05) is 0 Å². The largest absolute Gasteiger partial charge is 0.364 e. The van der Waals surface area contributed by atoms with Crippen LogP contribution in [-0.4, -0.2) is 45.3 Å². The molecule has 1 aromatic heterocycles. The smallest absolute Gasteiger partial charge is 0.287 e. The van der Waals surface area contributed by atoms with Gasteiger partial charge in [0.05, 0.1) is 16.8 Å². The summed E-state index contributed by atoms with van der Waals surface area (Å²) in [6.07, 6.45) is -7.81. The second-order valence-electron chi connectivity index (χ2n) is 6.80. The molecule has 0 radical (unpaired) electrons. The lowest BCUT2D eigenvalue weighted by atomic mass is 10.0. The van der Waals surface area contributed by atoms with Gasteiger partial charge in [-0.3, -0.25) is 4.79 Å². The molecular weight excluding hydrogens is 402 g/mol. The molecule has 1 amide bonds. The SMILES string of the molecule is O=C(c1cc(-c2ccccc2)nc2ccccc12)N1N=C(C(F)F)C[C@]1(O)C(F)F. The normalized spacial score (nSPS) is 19.0. The topological polar surface area (TPSA) is 65.8 Å². The van der Waals surface area contributed by atoms with Gasteiger partial charge in [0.25, 0.3) is 18.8 Å². The Morgan fingerprint density at radius 3 is 2.37 bits per heavy atom. The van der Waals surface area contributed by atoms with Gasteiger partial charge in [-0.25, -0.2) is 22.5 Å². The molecule has 4 rings (SSSR count). The van der Waals surface area contributed by atoms with E-state index in [9.17, 15) is 27.5 Å². The van der Waals surface area contributed by atoms with Crippen molar-refractivity contribution in [2.24, 2.45) is 5.10 Å². The average Bonchev–Trinajstić information content (AvgIpc) is 3.12. The number of hydrazone groups is 1. The Morgan fingerprint density at radius 1 is 1.03 bits per heavy atom. The van der Waals surface area contributed by atoms with Crippen molar-refractivity contribution in [2.45, 2.75) is 25.0 Å². The van der Waals surface area contributed by atoms with Crippen LogP contribution in [0.4, 0.5) is 17.6 Å². The lowest BCUT2D eigenvalue weighted by Crippen LogP contribution is -2.51. The molecule has 1 aliphatic heterocycles. The standard InChI is InChI=1S/C21H15F4N3O2/c22-18(23)17-11-21(30,20(24)25)28(27-17)19(29)14-10-16(12-6-2-1-3-7-12)26-15-9-5-4-8-13(14)15/h1-10,18,20,30H,11H2/t21-/m0/s1. The predicted octanol–water partition coefficient (Wildman–Crippen LogP) is 4.32. The molecule has 2 heterocycles. The average molecular weight is 417 g/mol. The summed E-state index contributed by atoms with van der Waals surface area (Å²) in [5.74, 6) is -1.12. The molecule has 1 atom stereocenters. The van der Waals surface area contributed by atoms with Gasteiger partial charge in [0, 0.05) is 17.4 Å². The highest BCUT2D eigenvalue weighted by molar-refractivity contribution is 6.08. The fraction of sp³-hybridized carbons (Fsp3) is 0.190. The van der Waals surface area contributed by atoms with Crippen molar-refractivity contribution < 1.29 is 27.5 Å². The zero-order valence-electron chi connectivity index (χ0n) is 15.3. The Bertz CT molecular complexity index is 1140. The van der Waals surface area contributed by atoms with Crippen LogP contribution in [-0.2, 0) is 0 Å². The minimum Gasteiger partial charge on any atom is -0.364 e. The number of aromatic nitrogens is 1. The van der Waals surface area contributed by atoms with Gasteiger partial charge in [0.2, 0.25) is 5.72 Å². The maximum Gasteiger partial charge on any atom is 0.287 e. The van der Waals surface area contributed by atoms with Gasteiger partial charge < -0.3 is 5.11 Å². The molecule has 0 spiro atoms. The van der Waals surface area contributed by atoms with E-state index in [1.165, 1.54) is 6.07 Å². The van der Waals surface area contributed by atoms with Crippen LogP contribution in [0.3, 0.4) is 0 Å². The fourth-order valence-electron chi connectivity index (χ4n) is 3.33. The van der Waals surface area contributed by atoms with Crippen molar-refractivity contribution >= 4 is 22.5 Å². The molecule has 0 bridgehead atoms. The first-order valence-electron chi connectivity index (χ1n) is 8.97. The number of hydrogen-bond acceptors (Lipinski definition) is 4. The number of halogens is 4. The van der Waals surface area contributed by atoms with E-state index in [4.69, 9.17) is 0 Å². The molecule has 154 valence electrons. The number of fused-ring (bicyclic) bond motifs is 1. The molecule has 1 aliphatic rings.